The van der Waals surface area contributed by atoms with Crippen molar-refractivity contribution in [1.29, 1.82) is 0 Å². The van der Waals surface area contributed by atoms with Gasteiger partial charge in [-0.05, 0) is 30.5 Å². The molecule has 106 valence electrons. The molecule has 0 bridgehead atoms. The second kappa shape index (κ2) is 5.99. The number of nitrogens with zero attached hydrogens (tertiary/aromatic N) is 1. The third-order valence-corrected chi connectivity index (χ3v) is 3.68. The molecule has 0 radical (unpaired) electrons. The van der Waals surface area contributed by atoms with E-state index in [0.717, 1.165) is 12.0 Å². The molecular weight excluding hydrogens is 254 g/mol. The van der Waals surface area contributed by atoms with Gasteiger partial charge in [-0.1, -0.05) is 19.9 Å². The van der Waals surface area contributed by atoms with Gasteiger partial charge in [0.15, 0.2) is 0 Å². The van der Waals surface area contributed by atoms with Crippen molar-refractivity contribution in [2.75, 3.05) is 11.4 Å². The van der Waals surface area contributed by atoms with Gasteiger partial charge in [0.05, 0.1) is 11.3 Å². The number of ketones is 2. The number of carbonyl (C=O) groups is 3. The zero-order valence-corrected chi connectivity index (χ0v) is 11.9. The Bertz CT molecular complexity index is 563. The summed E-state index contributed by atoms with van der Waals surface area (Å²) in [5, 5.41) is 0. The van der Waals surface area contributed by atoms with E-state index in [4.69, 9.17) is 0 Å². The fraction of sp³-hybridized carbons (Fsp3) is 0.438. The molecule has 0 spiro atoms. The molecule has 0 fully saturated rings. The molecule has 0 N–H and O–H groups in total. The number of anilines is 1. The van der Waals surface area contributed by atoms with Crippen LogP contribution in [0.1, 0.15) is 49.0 Å². The molecule has 1 aromatic carbocycles. The van der Waals surface area contributed by atoms with Crippen LogP contribution < -0.4 is 4.90 Å². The van der Waals surface area contributed by atoms with E-state index in [1.807, 2.05) is 26.0 Å². The van der Waals surface area contributed by atoms with Gasteiger partial charge in [0, 0.05) is 19.4 Å². The minimum atomic E-state index is -0.475. The molecule has 0 aromatic heterocycles. The number of aryl methyl sites for hydroxylation is 1. The van der Waals surface area contributed by atoms with Gasteiger partial charge in [-0.15, -0.1) is 0 Å². The average Bonchev–Trinajstić information content (AvgIpc) is 2.71. The van der Waals surface area contributed by atoms with Crippen molar-refractivity contribution >= 4 is 23.2 Å². The summed E-state index contributed by atoms with van der Waals surface area (Å²) in [4.78, 5) is 36.8. The second-order valence-electron chi connectivity index (χ2n) is 4.99. The number of Topliss-reactive ketones (excluding diaryl/α,β-unsaturated/α-hetero) is 2. The molecule has 1 aromatic rings. The first-order valence-electron chi connectivity index (χ1n) is 7.09. The van der Waals surface area contributed by atoms with Gasteiger partial charge in [0.2, 0.25) is 0 Å². The number of carbonyl (C=O) groups excluding carboxylic acids is 3. The molecule has 1 aliphatic heterocycles. The number of hydrogen-bond donors (Lipinski definition) is 0. The van der Waals surface area contributed by atoms with Crippen molar-refractivity contribution in [1.82, 2.24) is 0 Å². The topological polar surface area (TPSA) is 54.5 Å². The van der Waals surface area contributed by atoms with Crippen LogP contribution in [-0.2, 0) is 16.0 Å². The quantitative estimate of drug-likeness (QED) is 0.748. The average molecular weight is 273 g/mol. The van der Waals surface area contributed by atoms with E-state index < -0.39 is 11.7 Å². The van der Waals surface area contributed by atoms with Crippen LogP contribution in [-0.4, -0.2) is 24.0 Å². The van der Waals surface area contributed by atoms with Crippen LogP contribution in [0.15, 0.2) is 18.2 Å². The Labute approximate surface area is 118 Å². The van der Waals surface area contributed by atoms with Crippen molar-refractivity contribution in [3.8, 4) is 0 Å². The first kappa shape index (κ1) is 14.4. The van der Waals surface area contributed by atoms with E-state index >= 15 is 0 Å². The molecule has 4 nitrogen and oxygen atoms in total. The van der Waals surface area contributed by atoms with Crippen LogP contribution in [0.5, 0.6) is 0 Å². The first-order valence-corrected chi connectivity index (χ1v) is 7.09. The van der Waals surface area contributed by atoms with Crippen molar-refractivity contribution in [2.24, 2.45) is 0 Å². The maximum atomic E-state index is 12.0. The zero-order chi connectivity index (χ0) is 14.7. The van der Waals surface area contributed by atoms with E-state index in [-0.39, 0.29) is 5.78 Å². The molecule has 0 unspecified atom stereocenters. The van der Waals surface area contributed by atoms with Crippen molar-refractivity contribution in [2.45, 2.75) is 39.5 Å². The highest BCUT2D eigenvalue weighted by Gasteiger charge is 2.35. The van der Waals surface area contributed by atoms with Gasteiger partial charge < -0.3 is 4.90 Å². The predicted octanol–water partition coefficient (Wildman–Crippen LogP) is 2.54. The molecule has 0 saturated carbocycles. The molecular formula is C16H19NO3. The van der Waals surface area contributed by atoms with Crippen LogP contribution in [0.2, 0.25) is 0 Å². The van der Waals surface area contributed by atoms with Gasteiger partial charge in [-0.2, -0.15) is 0 Å². The van der Waals surface area contributed by atoms with Crippen molar-refractivity contribution in [3.63, 3.8) is 0 Å². The van der Waals surface area contributed by atoms with E-state index in [1.54, 1.807) is 6.07 Å². The summed E-state index contributed by atoms with van der Waals surface area (Å²) in [7, 11) is 0. The lowest BCUT2D eigenvalue weighted by molar-refractivity contribution is -0.119. The number of hydrogen-bond acceptors (Lipinski definition) is 3. The molecule has 1 heterocycles. The molecule has 20 heavy (non-hydrogen) atoms. The van der Waals surface area contributed by atoms with E-state index in [0.29, 0.717) is 37.1 Å². The molecule has 2 rings (SSSR count). The summed E-state index contributed by atoms with van der Waals surface area (Å²) in [5.41, 5.74) is 2.23. The van der Waals surface area contributed by atoms with Crippen molar-refractivity contribution in [3.05, 3.63) is 29.3 Å². The summed E-state index contributed by atoms with van der Waals surface area (Å²) >= 11 is 0. The fourth-order valence-electron chi connectivity index (χ4n) is 2.40. The Balaban J connectivity index is 2.14. The Morgan fingerprint density at radius 3 is 2.60 bits per heavy atom. The fourth-order valence-corrected chi connectivity index (χ4v) is 2.40. The van der Waals surface area contributed by atoms with Crippen molar-refractivity contribution < 1.29 is 14.4 Å². The van der Waals surface area contributed by atoms with Gasteiger partial charge in [0.1, 0.15) is 5.78 Å². The van der Waals surface area contributed by atoms with Crippen LogP contribution in [0.25, 0.3) is 0 Å². The van der Waals surface area contributed by atoms with Crippen LogP contribution in [0.3, 0.4) is 0 Å². The summed E-state index contributed by atoms with van der Waals surface area (Å²) in [6, 6.07) is 5.57. The molecule has 0 atom stereocenters. The van der Waals surface area contributed by atoms with E-state index in [9.17, 15) is 14.4 Å². The number of rotatable bonds is 6. The molecule has 1 amide bonds. The highest BCUT2D eigenvalue weighted by Crippen LogP contribution is 2.30. The smallest absolute Gasteiger partial charge is 0.299 e. The number of amides is 1. The second-order valence-corrected chi connectivity index (χ2v) is 4.99. The minimum Gasteiger partial charge on any atom is -0.305 e. The van der Waals surface area contributed by atoms with Gasteiger partial charge in [-0.25, -0.2) is 0 Å². The third kappa shape index (κ3) is 2.64. The molecule has 0 saturated heterocycles. The Hall–Kier alpha value is -1.97. The Morgan fingerprint density at radius 2 is 1.95 bits per heavy atom. The third-order valence-electron chi connectivity index (χ3n) is 3.68. The minimum absolute atomic E-state index is 0.185. The monoisotopic (exact) mass is 273 g/mol. The van der Waals surface area contributed by atoms with Crippen LogP contribution >= 0.6 is 0 Å². The zero-order valence-electron chi connectivity index (χ0n) is 11.9. The highest BCUT2D eigenvalue weighted by atomic mass is 16.2. The number of fused-ring (bicyclic) bond motifs is 1. The predicted molar refractivity (Wildman–Crippen MR) is 77.0 cm³/mol. The SMILES string of the molecule is CCC(=O)CCCN1C(=O)C(=O)c2cc(CC)ccc21. The van der Waals surface area contributed by atoms with Crippen LogP contribution in [0, 0.1) is 0 Å². The van der Waals surface area contributed by atoms with Gasteiger partial charge in [0.25, 0.3) is 11.7 Å². The lowest BCUT2D eigenvalue weighted by atomic mass is 10.1. The molecule has 1 aliphatic rings. The Kier molecular flexibility index (Phi) is 4.32. The van der Waals surface area contributed by atoms with E-state index in [2.05, 4.69) is 0 Å². The summed E-state index contributed by atoms with van der Waals surface area (Å²) in [6.07, 6.45) is 2.40. The highest BCUT2D eigenvalue weighted by molar-refractivity contribution is 6.52. The maximum Gasteiger partial charge on any atom is 0.299 e. The normalized spacial score (nSPS) is 13.8. The summed E-state index contributed by atoms with van der Waals surface area (Å²) in [5.74, 6) is -0.723. The first-order chi connectivity index (χ1) is 9.58. The number of benzene rings is 1. The van der Waals surface area contributed by atoms with E-state index in [1.165, 1.54) is 4.90 Å². The van der Waals surface area contributed by atoms with Crippen LogP contribution in [0.4, 0.5) is 5.69 Å². The largest absolute Gasteiger partial charge is 0.305 e. The molecule has 0 aliphatic carbocycles. The summed E-state index contributed by atoms with van der Waals surface area (Å²) in [6.45, 7) is 4.26. The Morgan fingerprint density at radius 1 is 1.20 bits per heavy atom. The van der Waals surface area contributed by atoms with Gasteiger partial charge in [-0.3, -0.25) is 14.4 Å². The standard InChI is InChI=1S/C16H19NO3/c1-3-11-7-8-14-13(10-11)15(19)16(20)17(14)9-5-6-12(18)4-2/h7-8,10H,3-6,9H2,1-2H3. The van der Waals surface area contributed by atoms with Gasteiger partial charge >= 0.3 is 0 Å². The lowest BCUT2D eigenvalue weighted by Gasteiger charge is -2.16. The molecule has 4 heteroatoms. The lowest BCUT2D eigenvalue weighted by Crippen LogP contribution is -2.30. The summed E-state index contributed by atoms with van der Waals surface area (Å²) < 4.78 is 0. The maximum absolute atomic E-state index is 12.0.